The zero-order valence-corrected chi connectivity index (χ0v) is 15.5. The molecule has 0 aromatic heterocycles. The highest BCUT2D eigenvalue weighted by Crippen LogP contribution is 2.35. The van der Waals surface area contributed by atoms with Crippen LogP contribution in [0.3, 0.4) is 0 Å². The number of hydrogen-bond acceptors (Lipinski definition) is 5. The molecule has 2 aromatic rings. The van der Waals surface area contributed by atoms with Crippen LogP contribution in [0.1, 0.15) is 24.2 Å². The fraction of sp³-hybridized carbons (Fsp3) is 0.190. The first-order valence-electron chi connectivity index (χ1n) is 8.77. The summed E-state index contributed by atoms with van der Waals surface area (Å²) < 4.78 is 5.19. The summed E-state index contributed by atoms with van der Waals surface area (Å²) in [6, 6.07) is 15.0. The van der Waals surface area contributed by atoms with Gasteiger partial charge in [0.1, 0.15) is 5.70 Å². The number of ether oxygens (including phenoxy) is 1. The molecular weight excluding hydrogens is 360 g/mol. The van der Waals surface area contributed by atoms with E-state index in [0.717, 1.165) is 0 Å². The molecule has 0 spiro atoms. The highest BCUT2D eigenvalue weighted by Gasteiger charge is 2.49. The average Bonchev–Trinajstić information content (AvgIpc) is 2.94. The van der Waals surface area contributed by atoms with Gasteiger partial charge in [0.25, 0.3) is 5.91 Å². The van der Waals surface area contributed by atoms with Crippen LogP contribution in [-0.2, 0) is 14.3 Å². The second kappa shape index (κ2) is 7.56. The minimum absolute atomic E-state index is 0.0206. The molecule has 0 radical (unpaired) electrons. The van der Waals surface area contributed by atoms with Gasteiger partial charge in [0.05, 0.1) is 17.9 Å². The van der Waals surface area contributed by atoms with Crippen molar-refractivity contribution in [1.82, 2.24) is 0 Å². The van der Waals surface area contributed by atoms with E-state index >= 15 is 0 Å². The monoisotopic (exact) mass is 380 g/mol. The topological polar surface area (TPSA) is 95.9 Å². The van der Waals surface area contributed by atoms with E-state index in [1.807, 2.05) is 0 Å². The van der Waals surface area contributed by atoms with Crippen LogP contribution < -0.4 is 10.2 Å². The molecule has 2 aromatic carbocycles. The number of hydrogen-bond donors (Lipinski definition) is 2. The minimum atomic E-state index is -1.37. The first kappa shape index (κ1) is 19.2. The van der Waals surface area contributed by atoms with Crippen molar-refractivity contribution in [3.05, 3.63) is 71.9 Å². The third-order valence-corrected chi connectivity index (χ3v) is 4.45. The summed E-state index contributed by atoms with van der Waals surface area (Å²) in [5.74, 6) is -2.15. The molecule has 0 saturated carbocycles. The number of nitrogens with one attached hydrogen (secondary N) is 1. The van der Waals surface area contributed by atoms with Crippen molar-refractivity contribution in [1.29, 1.82) is 0 Å². The molecule has 3 rings (SSSR count). The predicted molar refractivity (Wildman–Crippen MR) is 104 cm³/mol. The molecule has 144 valence electrons. The number of anilines is 2. The van der Waals surface area contributed by atoms with Crippen molar-refractivity contribution < 1.29 is 24.2 Å². The predicted octanol–water partition coefficient (Wildman–Crippen LogP) is 3.05. The Balaban J connectivity index is 2.04. The smallest absolute Gasteiger partial charge is 0.337 e. The zero-order valence-electron chi connectivity index (χ0n) is 15.5. The van der Waals surface area contributed by atoms with Crippen molar-refractivity contribution in [2.24, 2.45) is 0 Å². The Labute approximate surface area is 162 Å². The van der Waals surface area contributed by atoms with Gasteiger partial charge in [-0.1, -0.05) is 30.3 Å². The molecule has 2 N–H and O–H groups in total. The minimum Gasteiger partial charge on any atom is -0.478 e. The van der Waals surface area contributed by atoms with Gasteiger partial charge >= 0.3 is 11.9 Å². The van der Waals surface area contributed by atoms with Gasteiger partial charge in [-0.3, -0.25) is 9.69 Å². The lowest BCUT2D eigenvalue weighted by molar-refractivity contribution is -0.147. The van der Waals surface area contributed by atoms with E-state index < -0.39 is 23.4 Å². The molecule has 1 aliphatic heterocycles. The molecule has 1 amide bonds. The van der Waals surface area contributed by atoms with E-state index in [-0.39, 0.29) is 23.6 Å². The summed E-state index contributed by atoms with van der Waals surface area (Å²) >= 11 is 0. The van der Waals surface area contributed by atoms with Gasteiger partial charge < -0.3 is 15.2 Å². The van der Waals surface area contributed by atoms with E-state index in [9.17, 15) is 19.5 Å². The lowest BCUT2D eigenvalue weighted by Crippen LogP contribution is -2.51. The van der Waals surface area contributed by atoms with Gasteiger partial charge in [0, 0.05) is 5.69 Å². The number of nitrogens with zero attached hydrogens (tertiary/aromatic N) is 1. The molecule has 28 heavy (non-hydrogen) atoms. The van der Waals surface area contributed by atoms with Crippen LogP contribution in [0.5, 0.6) is 0 Å². The summed E-state index contributed by atoms with van der Waals surface area (Å²) in [4.78, 5) is 38.6. The maximum absolute atomic E-state index is 13.2. The molecule has 1 aliphatic rings. The van der Waals surface area contributed by atoms with Gasteiger partial charge in [-0.15, -0.1) is 0 Å². The highest BCUT2D eigenvalue weighted by atomic mass is 16.5. The SMILES string of the molecule is CCOC(=O)C1(C)C=C(Nc2ccccc2C(=O)O)C(=O)N1c1ccccc1. The lowest BCUT2D eigenvalue weighted by atomic mass is 10.0. The summed E-state index contributed by atoms with van der Waals surface area (Å²) in [6.45, 7) is 3.45. The molecule has 0 fully saturated rings. The van der Waals surface area contributed by atoms with Gasteiger partial charge in [-0.25, -0.2) is 9.59 Å². The van der Waals surface area contributed by atoms with Crippen molar-refractivity contribution in [2.45, 2.75) is 19.4 Å². The number of esters is 1. The van der Waals surface area contributed by atoms with Crippen LogP contribution >= 0.6 is 0 Å². The summed E-state index contributed by atoms with van der Waals surface area (Å²) in [6.07, 6.45) is 1.47. The van der Waals surface area contributed by atoms with Crippen LogP contribution in [0.15, 0.2) is 66.4 Å². The van der Waals surface area contributed by atoms with Crippen LogP contribution in [0.25, 0.3) is 0 Å². The van der Waals surface area contributed by atoms with E-state index in [2.05, 4.69) is 5.32 Å². The Bertz CT molecular complexity index is 954. The molecule has 1 unspecified atom stereocenters. The lowest BCUT2D eigenvalue weighted by Gasteiger charge is -2.32. The van der Waals surface area contributed by atoms with Crippen molar-refractivity contribution >= 4 is 29.2 Å². The molecule has 0 saturated heterocycles. The molecule has 1 atom stereocenters. The maximum Gasteiger partial charge on any atom is 0.337 e. The maximum atomic E-state index is 13.2. The Hall–Kier alpha value is -3.61. The normalized spacial score (nSPS) is 18.6. The molecule has 7 nitrogen and oxygen atoms in total. The molecule has 0 bridgehead atoms. The number of para-hydroxylation sites is 2. The first-order chi connectivity index (χ1) is 13.4. The summed E-state index contributed by atoms with van der Waals surface area (Å²) in [7, 11) is 0. The van der Waals surface area contributed by atoms with Crippen LogP contribution in [0, 0.1) is 0 Å². The third-order valence-electron chi connectivity index (χ3n) is 4.45. The number of carboxylic acid groups (broad SMARTS) is 1. The zero-order chi connectivity index (χ0) is 20.3. The van der Waals surface area contributed by atoms with Gasteiger partial charge in [0.15, 0.2) is 5.54 Å². The average molecular weight is 380 g/mol. The number of carbonyl (C=O) groups is 3. The van der Waals surface area contributed by atoms with Gasteiger partial charge in [0.2, 0.25) is 0 Å². The second-order valence-electron chi connectivity index (χ2n) is 6.38. The number of benzene rings is 2. The fourth-order valence-corrected chi connectivity index (χ4v) is 3.14. The Morgan fingerprint density at radius 1 is 1.11 bits per heavy atom. The molecule has 7 heteroatoms. The Morgan fingerprint density at radius 3 is 2.39 bits per heavy atom. The number of amides is 1. The van der Waals surface area contributed by atoms with Gasteiger partial charge in [-0.2, -0.15) is 0 Å². The fourth-order valence-electron chi connectivity index (χ4n) is 3.14. The van der Waals surface area contributed by atoms with Crippen LogP contribution in [0.2, 0.25) is 0 Å². The number of carbonyl (C=O) groups excluding carboxylic acids is 2. The molecule has 0 aliphatic carbocycles. The Kier molecular flexibility index (Phi) is 5.17. The molecular formula is C21H20N2O5. The van der Waals surface area contributed by atoms with Crippen molar-refractivity contribution in [3.8, 4) is 0 Å². The third kappa shape index (κ3) is 3.34. The highest BCUT2D eigenvalue weighted by molar-refractivity contribution is 6.17. The van der Waals surface area contributed by atoms with E-state index in [4.69, 9.17) is 4.74 Å². The first-order valence-corrected chi connectivity index (χ1v) is 8.77. The summed E-state index contributed by atoms with van der Waals surface area (Å²) in [5.41, 5.74) is -0.451. The molecule has 1 heterocycles. The largest absolute Gasteiger partial charge is 0.478 e. The standard InChI is InChI=1S/C21H20N2O5/c1-3-28-20(27)21(2)13-17(18(24)23(21)14-9-5-4-6-10-14)22-16-12-8-7-11-15(16)19(25)26/h4-13,22H,3H2,1-2H3,(H,25,26). The Morgan fingerprint density at radius 2 is 1.75 bits per heavy atom. The van der Waals surface area contributed by atoms with E-state index in [1.165, 1.54) is 17.0 Å². The number of rotatable bonds is 6. The number of carboxylic acids is 1. The number of aromatic carboxylic acids is 1. The summed E-state index contributed by atoms with van der Waals surface area (Å²) in [5, 5.41) is 12.2. The van der Waals surface area contributed by atoms with Crippen LogP contribution in [-0.4, -0.2) is 35.1 Å². The van der Waals surface area contributed by atoms with Crippen LogP contribution in [0.4, 0.5) is 11.4 Å². The van der Waals surface area contributed by atoms with E-state index in [0.29, 0.717) is 5.69 Å². The van der Waals surface area contributed by atoms with Crippen molar-refractivity contribution in [3.63, 3.8) is 0 Å². The van der Waals surface area contributed by atoms with E-state index in [1.54, 1.807) is 62.4 Å². The quantitative estimate of drug-likeness (QED) is 0.748. The second-order valence-corrected chi connectivity index (χ2v) is 6.38. The van der Waals surface area contributed by atoms with Crippen molar-refractivity contribution in [2.75, 3.05) is 16.8 Å². The van der Waals surface area contributed by atoms with Gasteiger partial charge in [-0.05, 0) is 44.2 Å².